The number of ether oxygens (including phenoxy) is 1. The maximum absolute atomic E-state index is 11.5. The highest BCUT2D eigenvalue weighted by atomic mass is 16.5. The molecule has 2 atom stereocenters. The van der Waals surface area contributed by atoms with Crippen molar-refractivity contribution in [3.8, 4) is 0 Å². The van der Waals surface area contributed by atoms with Crippen molar-refractivity contribution < 1.29 is 19.7 Å². The molecule has 5 nitrogen and oxygen atoms in total. The minimum absolute atomic E-state index is 0.278. The Labute approximate surface area is 217 Å². The SMILES string of the molecule is CCCCCCCCCCCCCCCCCCCCCCC[C@@H](O)[C@@H]1COC(C)(C)N1C(=O)O. The summed E-state index contributed by atoms with van der Waals surface area (Å²) in [5, 5.41) is 19.9. The molecule has 0 unspecified atom stereocenters. The summed E-state index contributed by atoms with van der Waals surface area (Å²) >= 11 is 0. The second kappa shape index (κ2) is 20.3. The van der Waals surface area contributed by atoms with Gasteiger partial charge in [-0.3, -0.25) is 4.90 Å². The molecule has 1 aliphatic rings. The second-order valence-corrected chi connectivity index (χ2v) is 11.4. The van der Waals surface area contributed by atoms with E-state index in [1.54, 1.807) is 13.8 Å². The molecule has 1 amide bonds. The first-order valence-corrected chi connectivity index (χ1v) is 15.2. The van der Waals surface area contributed by atoms with Crippen molar-refractivity contribution >= 4 is 6.09 Å². The van der Waals surface area contributed by atoms with E-state index >= 15 is 0 Å². The van der Waals surface area contributed by atoms with Gasteiger partial charge in [0.15, 0.2) is 0 Å². The first-order chi connectivity index (χ1) is 16.9. The molecule has 0 bridgehead atoms. The Morgan fingerprint density at radius 2 is 1.09 bits per heavy atom. The van der Waals surface area contributed by atoms with Crippen LogP contribution in [0, 0.1) is 0 Å². The Hall–Kier alpha value is -0.810. The first kappa shape index (κ1) is 32.2. The van der Waals surface area contributed by atoms with Gasteiger partial charge in [0, 0.05) is 0 Å². The van der Waals surface area contributed by atoms with Crippen LogP contribution in [0.25, 0.3) is 0 Å². The van der Waals surface area contributed by atoms with Gasteiger partial charge in [-0.15, -0.1) is 0 Å². The van der Waals surface area contributed by atoms with Crippen LogP contribution in [-0.4, -0.2) is 45.7 Å². The van der Waals surface area contributed by atoms with Gasteiger partial charge >= 0.3 is 6.09 Å². The standard InChI is InChI=1S/C30H59NO4/c1-4-5-6-7-8-9-10-11-12-13-14-15-16-17-18-19-20-21-22-23-24-25-28(32)27-26-35-30(2,3)31(27)29(33)34/h27-28,32H,4-26H2,1-3H3,(H,33,34)/t27-,28+/m0/s1. The molecule has 0 radical (unpaired) electrons. The van der Waals surface area contributed by atoms with E-state index in [1.165, 1.54) is 127 Å². The number of carbonyl (C=O) groups is 1. The van der Waals surface area contributed by atoms with Crippen molar-refractivity contribution in [2.45, 2.75) is 180 Å². The van der Waals surface area contributed by atoms with Crippen LogP contribution in [0.3, 0.4) is 0 Å². The van der Waals surface area contributed by atoms with Crippen LogP contribution < -0.4 is 0 Å². The molecule has 1 saturated heterocycles. The van der Waals surface area contributed by atoms with Crippen LogP contribution >= 0.6 is 0 Å². The zero-order valence-electron chi connectivity index (χ0n) is 23.6. The zero-order valence-corrected chi connectivity index (χ0v) is 23.6. The normalized spacial score (nSPS) is 18.3. The molecule has 1 aliphatic heterocycles. The molecule has 1 heterocycles. The fourth-order valence-corrected chi connectivity index (χ4v) is 5.47. The highest BCUT2D eigenvalue weighted by Crippen LogP contribution is 2.30. The lowest BCUT2D eigenvalue weighted by Gasteiger charge is -2.32. The van der Waals surface area contributed by atoms with E-state index < -0.39 is 24.0 Å². The molecule has 0 aromatic carbocycles. The van der Waals surface area contributed by atoms with Crippen LogP contribution in [0.5, 0.6) is 0 Å². The first-order valence-electron chi connectivity index (χ1n) is 15.2. The summed E-state index contributed by atoms with van der Waals surface area (Å²) in [6, 6.07) is -0.451. The molecular formula is C30H59NO4. The van der Waals surface area contributed by atoms with Gasteiger partial charge in [0.1, 0.15) is 5.72 Å². The number of carboxylic acid groups (broad SMARTS) is 1. The number of rotatable bonds is 23. The molecule has 1 fully saturated rings. The largest absolute Gasteiger partial charge is 0.465 e. The van der Waals surface area contributed by atoms with Crippen LogP contribution in [0.15, 0.2) is 0 Å². The average Bonchev–Trinajstić information content (AvgIpc) is 3.15. The van der Waals surface area contributed by atoms with Crippen molar-refractivity contribution in [1.29, 1.82) is 0 Å². The van der Waals surface area contributed by atoms with Crippen molar-refractivity contribution in [2.75, 3.05) is 6.61 Å². The van der Waals surface area contributed by atoms with Crippen molar-refractivity contribution in [3.05, 3.63) is 0 Å². The van der Waals surface area contributed by atoms with E-state index in [2.05, 4.69) is 6.92 Å². The number of unbranched alkanes of at least 4 members (excludes halogenated alkanes) is 20. The smallest absolute Gasteiger partial charge is 0.409 e. The minimum atomic E-state index is -1.02. The fraction of sp³-hybridized carbons (Fsp3) is 0.967. The van der Waals surface area contributed by atoms with Gasteiger partial charge in [0.05, 0.1) is 18.8 Å². The molecular weight excluding hydrogens is 438 g/mol. The van der Waals surface area contributed by atoms with Crippen molar-refractivity contribution in [1.82, 2.24) is 4.90 Å². The summed E-state index contributed by atoms with van der Waals surface area (Å²) in [6.07, 6.45) is 27.5. The number of aliphatic hydroxyl groups excluding tert-OH is 1. The van der Waals surface area contributed by atoms with E-state index in [9.17, 15) is 15.0 Å². The van der Waals surface area contributed by atoms with E-state index in [1.807, 2.05) is 0 Å². The molecule has 0 aromatic heterocycles. The van der Waals surface area contributed by atoms with Crippen LogP contribution in [-0.2, 0) is 4.74 Å². The predicted octanol–water partition coefficient (Wildman–Crippen LogP) is 9.06. The fourth-order valence-electron chi connectivity index (χ4n) is 5.47. The highest BCUT2D eigenvalue weighted by Gasteiger charge is 2.46. The lowest BCUT2D eigenvalue weighted by Crippen LogP contribution is -2.51. The van der Waals surface area contributed by atoms with Gasteiger partial charge in [-0.1, -0.05) is 142 Å². The Balaban J connectivity index is 1.82. The summed E-state index contributed by atoms with van der Waals surface area (Å²) in [4.78, 5) is 12.8. The summed E-state index contributed by atoms with van der Waals surface area (Å²) in [5.74, 6) is 0. The number of nitrogens with zero attached hydrogens (tertiary/aromatic N) is 1. The third-order valence-corrected chi connectivity index (χ3v) is 7.77. The maximum atomic E-state index is 11.5. The molecule has 0 aliphatic carbocycles. The summed E-state index contributed by atoms with van der Waals surface area (Å²) in [7, 11) is 0. The predicted molar refractivity (Wildman–Crippen MR) is 147 cm³/mol. The molecule has 5 heteroatoms. The number of hydrogen-bond donors (Lipinski definition) is 2. The Morgan fingerprint density at radius 3 is 1.43 bits per heavy atom. The van der Waals surface area contributed by atoms with E-state index in [0.29, 0.717) is 6.42 Å². The van der Waals surface area contributed by atoms with Crippen LogP contribution in [0.4, 0.5) is 4.79 Å². The lowest BCUT2D eigenvalue weighted by atomic mass is 10.0. The molecule has 0 aromatic rings. The summed E-state index contributed by atoms with van der Waals surface area (Å²) in [6.45, 7) is 6.05. The number of aliphatic hydroxyl groups is 1. The Bertz CT molecular complexity index is 511. The van der Waals surface area contributed by atoms with E-state index in [-0.39, 0.29) is 6.61 Å². The Morgan fingerprint density at radius 1 is 0.743 bits per heavy atom. The van der Waals surface area contributed by atoms with Crippen LogP contribution in [0.1, 0.15) is 162 Å². The quantitative estimate of drug-likeness (QED) is 0.138. The Kier molecular flexibility index (Phi) is 18.7. The molecule has 0 saturated carbocycles. The lowest BCUT2D eigenvalue weighted by molar-refractivity contribution is -0.0469. The molecule has 208 valence electrons. The van der Waals surface area contributed by atoms with Crippen molar-refractivity contribution in [2.24, 2.45) is 0 Å². The van der Waals surface area contributed by atoms with E-state index in [4.69, 9.17) is 4.74 Å². The third-order valence-electron chi connectivity index (χ3n) is 7.77. The maximum Gasteiger partial charge on any atom is 0.409 e. The number of amides is 1. The monoisotopic (exact) mass is 497 g/mol. The van der Waals surface area contributed by atoms with Gasteiger partial charge in [-0.2, -0.15) is 0 Å². The molecule has 1 rings (SSSR count). The minimum Gasteiger partial charge on any atom is -0.465 e. The molecule has 0 spiro atoms. The second-order valence-electron chi connectivity index (χ2n) is 11.4. The van der Waals surface area contributed by atoms with Gasteiger partial charge in [-0.25, -0.2) is 4.79 Å². The average molecular weight is 498 g/mol. The van der Waals surface area contributed by atoms with Gasteiger partial charge < -0.3 is 14.9 Å². The molecule has 2 N–H and O–H groups in total. The third kappa shape index (κ3) is 15.1. The summed E-state index contributed by atoms with van der Waals surface area (Å²) < 4.78 is 5.58. The molecule has 35 heavy (non-hydrogen) atoms. The van der Waals surface area contributed by atoms with Crippen LogP contribution in [0.2, 0.25) is 0 Å². The zero-order chi connectivity index (χ0) is 25.8. The topological polar surface area (TPSA) is 70.0 Å². The van der Waals surface area contributed by atoms with Gasteiger partial charge in [0.2, 0.25) is 0 Å². The highest BCUT2D eigenvalue weighted by molar-refractivity contribution is 5.66. The van der Waals surface area contributed by atoms with Crippen molar-refractivity contribution in [3.63, 3.8) is 0 Å². The summed E-state index contributed by atoms with van der Waals surface area (Å²) in [5.41, 5.74) is -0.857. The number of hydrogen-bond acceptors (Lipinski definition) is 3. The van der Waals surface area contributed by atoms with Gasteiger partial charge in [-0.05, 0) is 20.3 Å². The van der Waals surface area contributed by atoms with Gasteiger partial charge in [0.25, 0.3) is 0 Å². The van der Waals surface area contributed by atoms with E-state index in [0.717, 1.165) is 12.8 Å².